The van der Waals surface area contributed by atoms with Gasteiger partial charge in [-0.2, -0.15) is 0 Å². The van der Waals surface area contributed by atoms with Gasteiger partial charge in [0.15, 0.2) is 5.78 Å². The number of carbonyl (C=O) groups is 1. The minimum absolute atomic E-state index is 0.125. The fraction of sp³-hybridized carbons (Fsp3) is 0.188. The first kappa shape index (κ1) is 14.4. The van der Waals surface area contributed by atoms with Gasteiger partial charge in [0.1, 0.15) is 11.5 Å². The Bertz CT molecular complexity index is 650. The molecule has 104 valence electrons. The van der Waals surface area contributed by atoms with Gasteiger partial charge in [0.05, 0.1) is 19.8 Å². The first-order valence-corrected chi connectivity index (χ1v) is 6.47. The van der Waals surface area contributed by atoms with Crippen molar-refractivity contribution in [3.05, 3.63) is 58.1 Å². The van der Waals surface area contributed by atoms with Crippen molar-refractivity contribution >= 4 is 17.4 Å². The second kappa shape index (κ2) is 5.97. The van der Waals surface area contributed by atoms with E-state index in [0.29, 0.717) is 27.6 Å². The van der Waals surface area contributed by atoms with Crippen LogP contribution in [0.1, 0.15) is 21.5 Å². The number of carbonyl (C=O) groups excluding carboxylic acids is 1. The van der Waals surface area contributed by atoms with Crippen LogP contribution in [0.5, 0.6) is 11.5 Å². The zero-order valence-electron chi connectivity index (χ0n) is 11.6. The molecular formula is C16H15ClO3. The summed E-state index contributed by atoms with van der Waals surface area (Å²) in [6, 6.07) is 10.3. The standard InChI is InChI=1S/C16H15ClO3/c1-10-8-11(4-6-14(10)17)16(18)13-9-12(19-2)5-7-15(13)20-3/h4-9H,1-3H3. The average Bonchev–Trinajstić information content (AvgIpc) is 2.48. The molecule has 0 N–H and O–H groups in total. The van der Waals surface area contributed by atoms with Crippen LogP contribution in [0.25, 0.3) is 0 Å². The number of halogens is 1. The van der Waals surface area contributed by atoms with Crippen molar-refractivity contribution in [2.75, 3.05) is 14.2 Å². The molecule has 0 aliphatic rings. The maximum Gasteiger partial charge on any atom is 0.196 e. The van der Waals surface area contributed by atoms with Crippen LogP contribution in [0.15, 0.2) is 36.4 Å². The average molecular weight is 291 g/mol. The van der Waals surface area contributed by atoms with Crippen LogP contribution in [0.4, 0.5) is 0 Å². The van der Waals surface area contributed by atoms with Crippen LogP contribution in [-0.4, -0.2) is 20.0 Å². The summed E-state index contributed by atoms with van der Waals surface area (Å²) in [6.45, 7) is 1.86. The first-order valence-electron chi connectivity index (χ1n) is 6.09. The molecule has 0 saturated heterocycles. The van der Waals surface area contributed by atoms with Gasteiger partial charge in [0.2, 0.25) is 0 Å². The molecule has 2 aromatic carbocycles. The highest BCUT2D eigenvalue weighted by atomic mass is 35.5. The van der Waals surface area contributed by atoms with E-state index in [1.165, 1.54) is 7.11 Å². The third-order valence-electron chi connectivity index (χ3n) is 3.07. The van der Waals surface area contributed by atoms with Crippen molar-refractivity contribution < 1.29 is 14.3 Å². The van der Waals surface area contributed by atoms with Crippen molar-refractivity contribution in [3.63, 3.8) is 0 Å². The molecule has 0 aromatic heterocycles. The molecule has 0 aliphatic heterocycles. The van der Waals surface area contributed by atoms with Crippen LogP contribution in [0, 0.1) is 6.92 Å². The van der Waals surface area contributed by atoms with E-state index in [1.807, 2.05) is 6.92 Å². The van der Waals surface area contributed by atoms with Crippen molar-refractivity contribution in [1.29, 1.82) is 0 Å². The van der Waals surface area contributed by atoms with E-state index in [2.05, 4.69) is 0 Å². The molecule has 3 nitrogen and oxygen atoms in total. The molecule has 2 aromatic rings. The van der Waals surface area contributed by atoms with Crippen molar-refractivity contribution in [3.8, 4) is 11.5 Å². The lowest BCUT2D eigenvalue weighted by Gasteiger charge is -2.10. The van der Waals surface area contributed by atoms with Gasteiger partial charge in [-0.1, -0.05) is 11.6 Å². The molecule has 20 heavy (non-hydrogen) atoms. The van der Waals surface area contributed by atoms with Crippen LogP contribution >= 0.6 is 11.6 Å². The molecule has 0 heterocycles. The summed E-state index contributed by atoms with van der Waals surface area (Å²) in [5.74, 6) is 1.00. The predicted octanol–water partition coefficient (Wildman–Crippen LogP) is 3.90. The molecule has 0 atom stereocenters. The normalized spacial score (nSPS) is 10.2. The maximum atomic E-state index is 12.6. The van der Waals surface area contributed by atoms with Gasteiger partial charge < -0.3 is 9.47 Å². The number of hydrogen-bond donors (Lipinski definition) is 0. The quantitative estimate of drug-likeness (QED) is 0.801. The summed E-state index contributed by atoms with van der Waals surface area (Å²) in [4.78, 5) is 12.6. The van der Waals surface area contributed by atoms with Gasteiger partial charge in [0, 0.05) is 10.6 Å². The summed E-state index contributed by atoms with van der Waals surface area (Å²) in [6.07, 6.45) is 0. The first-order chi connectivity index (χ1) is 9.56. The number of ketones is 1. The Morgan fingerprint density at radius 3 is 2.40 bits per heavy atom. The van der Waals surface area contributed by atoms with Gasteiger partial charge in [-0.15, -0.1) is 0 Å². The third kappa shape index (κ3) is 2.78. The fourth-order valence-electron chi connectivity index (χ4n) is 1.93. The molecule has 0 spiro atoms. The number of ether oxygens (including phenoxy) is 2. The van der Waals surface area contributed by atoms with E-state index < -0.39 is 0 Å². The monoisotopic (exact) mass is 290 g/mol. The Labute approximate surface area is 123 Å². The van der Waals surface area contributed by atoms with Crippen molar-refractivity contribution in [2.24, 2.45) is 0 Å². The Morgan fingerprint density at radius 2 is 1.80 bits per heavy atom. The van der Waals surface area contributed by atoms with E-state index in [0.717, 1.165) is 5.56 Å². The van der Waals surface area contributed by atoms with E-state index in [9.17, 15) is 4.79 Å². The minimum atomic E-state index is -0.125. The molecule has 0 saturated carbocycles. The summed E-state index contributed by atoms with van der Waals surface area (Å²) >= 11 is 5.98. The van der Waals surface area contributed by atoms with Gasteiger partial charge in [-0.3, -0.25) is 4.79 Å². The molecule has 0 unspecified atom stereocenters. The highest BCUT2D eigenvalue weighted by molar-refractivity contribution is 6.31. The van der Waals surface area contributed by atoms with Crippen molar-refractivity contribution in [1.82, 2.24) is 0 Å². The van der Waals surface area contributed by atoms with Gasteiger partial charge >= 0.3 is 0 Å². The number of aryl methyl sites for hydroxylation is 1. The van der Waals surface area contributed by atoms with Crippen LogP contribution in [0.2, 0.25) is 5.02 Å². The van der Waals surface area contributed by atoms with E-state index in [1.54, 1.807) is 43.5 Å². The smallest absolute Gasteiger partial charge is 0.196 e. The van der Waals surface area contributed by atoms with Crippen molar-refractivity contribution in [2.45, 2.75) is 6.92 Å². The highest BCUT2D eigenvalue weighted by Gasteiger charge is 2.16. The summed E-state index contributed by atoms with van der Waals surface area (Å²) in [7, 11) is 3.09. The highest BCUT2D eigenvalue weighted by Crippen LogP contribution is 2.27. The Balaban J connectivity index is 2.48. The summed E-state index contributed by atoms with van der Waals surface area (Å²) < 4.78 is 10.4. The second-order valence-electron chi connectivity index (χ2n) is 4.36. The van der Waals surface area contributed by atoms with E-state index in [4.69, 9.17) is 21.1 Å². The Morgan fingerprint density at radius 1 is 1.05 bits per heavy atom. The molecule has 0 amide bonds. The third-order valence-corrected chi connectivity index (χ3v) is 3.50. The minimum Gasteiger partial charge on any atom is -0.497 e. The SMILES string of the molecule is COc1ccc(OC)c(C(=O)c2ccc(Cl)c(C)c2)c1. The number of hydrogen-bond acceptors (Lipinski definition) is 3. The summed E-state index contributed by atoms with van der Waals surface area (Å²) in [5, 5.41) is 0.638. The van der Waals surface area contributed by atoms with Crippen LogP contribution < -0.4 is 9.47 Å². The Hall–Kier alpha value is -2.00. The van der Waals surface area contributed by atoms with Crippen LogP contribution in [-0.2, 0) is 0 Å². The lowest BCUT2D eigenvalue weighted by atomic mass is 10.0. The maximum absolute atomic E-state index is 12.6. The van der Waals surface area contributed by atoms with Crippen LogP contribution in [0.3, 0.4) is 0 Å². The second-order valence-corrected chi connectivity index (χ2v) is 4.77. The van der Waals surface area contributed by atoms with E-state index >= 15 is 0 Å². The molecular weight excluding hydrogens is 276 g/mol. The largest absolute Gasteiger partial charge is 0.497 e. The zero-order valence-corrected chi connectivity index (χ0v) is 12.3. The van der Waals surface area contributed by atoms with Gasteiger partial charge in [-0.05, 0) is 48.9 Å². The number of methoxy groups -OCH3 is 2. The molecule has 0 radical (unpaired) electrons. The topological polar surface area (TPSA) is 35.5 Å². The molecule has 0 aliphatic carbocycles. The fourth-order valence-corrected chi connectivity index (χ4v) is 2.05. The number of benzene rings is 2. The molecule has 0 bridgehead atoms. The van der Waals surface area contributed by atoms with Gasteiger partial charge in [0.25, 0.3) is 0 Å². The molecule has 0 fully saturated rings. The number of rotatable bonds is 4. The van der Waals surface area contributed by atoms with E-state index in [-0.39, 0.29) is 5.78 Å². The zero-order chi connectivity index (χ0) is 14.7. The lowest BCUT2D eigenvalue weighted by molar-refractivity contribution is 0.103. The molecule has 4 heteroatoms. The Kier molecular flexibility index (Phi) is 4.30. The summed E-state index contributed by atoms with van der Waals surface area (Å²) in [5.41, 5.74) is 1.89. The van der Waals surface area contributed by atoms with Gasteiger partial charge in [-0.25, -0.2) is 0 Å². The molecule has 2 rings (SSSR count). The predicted molar refractivity (Wildman–Crippen MR) is 79.2 cm³/mol. The lowest BCUT2D eigenvalue weighted by Crippen LogP contribution is -2.05.